The first-order valence-electron chi connectivity index (χ1n) is 10.5. The van der Waals surface area contributed by atoms with Crippen LogP contribution in [0.3, 0.4) is 0 Å². The molecule has 31 heavy (non-hydrogen) atoms. The molecular weight excluding hydrogens is 418 g/mol. The minimum Gasteiger partial charge on any atom is -0.352 e. The van der Waals surface area contributed by atoms with Crippen LogP contribution in [0, 0.1) is 10.1 Å². The van der Waals surface area contributed by atoms with Gasteiger partial charge < -0.3 is 5.32 Å². The third-order valence-corrected chi connectivity index (χ3v) is 7.32. The van der Waals surface area contributed by atoms with Crippen LogP contribution in [0.2, 0.25) is 0 Å². The van der Waals surface area contributed by atoms with Crippen molar-refractivity contribution in [3.8, 4) is 0 Å². The van der Waals surface area contributed by atoms with Gasteiger partial charge in [-0.1, -0.05) is 37.1 Å². The van der Waals surface area contributed by atoms with E-state index in [1.54, 1.807) is 40.7 Å². The molecule has 1 heterocycles. The van der Waals surface area contributed by atoms with Crippen LogP contribution in [0.15, 0.2) is 53.4 Å². The van der Waals surface area contributed by atoms with Crippen LogP contribution < -0.4 is 5.32 Å². The maximum atomic E-state index is 12.8. The Hall–Kier alpha value is -2.78. The van der Waals surface area contributed by atoms with E-state index in [0.29, 0.717) is 31.0 Å². The molecule has 1 fully saturated rings. The zero-order valence-electron chi connectivity index (χ0n) is 17.3. The molecule has 2 aromatic carbocycles. The minimum atomic E-state index is -3.47. The maximum absolute atomic E-state index is 12.8. The highest BCUT2D eigenvalue weighted by Crippen LogP contribution is 2.21. The van der Waals surface area contributed by atoms with Gasteiger partial charge in [0.2, 0.25) is 15.9 Å². The molecular formula is C22H27N3O5S. The van der Waals surface area contributed by atoms with E-state index in [1.165, 1.54) is 12.1 Å². The van der Waals surface area contributed by atoms with E-state index in [2.05, 4.69) is 5.32 Å². The lowest BCUT2D eigenvalue weighted by Crippen LogP contribution is -2.31. The molecule has 3 rings (SSSR count). The van der Waals surface area contributed by atoms with Gasteiger partial charge in [-0.15, -0.1) is 0 Å². The number of non-ortho nitro benzene ring substituents is 1. The fourth-order valence-electron chi connectivity index (χ4n) is 3.54. The summed E-state index contributed by atoms with van der Waals surface area (Å²) in [5.41, 5.74) is 1.68. The topological polar surface area (TPSA) is 110 Å². The molecule has 0 aliphatic carbocycles. The highest BCUT2D eigenvalue weighted by molar-refractivity contribution is 7.89. The Kier molecular flexibility index (Phi) is 7.75. The fraction of sp³-hybridized carbons (Fsp3) is 0.409. The summed E-state index contributed by atoms with van der Waals surface area (Å²) in [4.78, 5) is 22.6. The van der Waals surface area contributed by atoms with Gasteiger partial charge in [-0.05, 0) is 42.5 Å². The van der Waals surface area contributed by atoms with E-state index in [1.807, 2.05) is 0 Å². The molecule has 9 heteroatoms. The standard InChI is InChI=1S/C22H27N3O5S/c26-22(23-17-19-5-10-20(11-6-19)25(27)28)14-9-18-7-12-21(13-8-18)31(29,30)24-15-3-1-2-4-16-24/h5-8,10-13H,1-4,9,14-17H2,(H,23,26). The van der Waals surface area contributed by atoms with Gasteiger partial charge in [-0.2, -0.15) is 4.31 Å². The van der Waals surface area contributed by atoms with E-state index in [0.717, 1.165) is 36.8 Å². The van der Waals surface area contributed by atoms with Crippen LogP contribution in [0.4, 0.5) is 5.69 Å². The maximum Gasteiger partial charge on any atom is 0.269 e. The molecule has 2 aromatic rings. The molecule has 0 bridgehead atoms. The van der Waals surface area contributed by atoms with Crippen molar-refractivity contribution in [1.82, 2.24) is 9.62 Å². The van der Waals surface area contributed by atoms with Gasteiger partial charge in [-0.25, -0.2) is 8.42 Å². The van der Waals surface area contributed by atoms with Gasteiger partial charge in [0.15, 0.2) is 0 Å². The van der Waals surface area contributed by atoms with Crippen molar-refractivity contribution >= 4 is 21.6 Å². The van der Waals surface area contributed by atoms with Crippen LogP contribution in [0.25, 0.3) is 0 Å². The molecule has 1 aliphatic heterocycles. The number of nitrogens with one attached hydrogen (secondary N) is 1. The first-order chi connectivity index (χ1) is 14.9. The number of nitro benzene ring substituents is 1. The van der Waals surface area contributed by atoms with E-state index >= 15 is 0 Å². The Morgan fingerprint density at radius 1 is 0.935 bits per heavy atom. The van der Waals surface area contributed by atoms with Gasteiger partial charge in [0, 0.05) is 38.2 Å². The van der Waals surface area contributed by atoms with E-state index in [9.17, 15) is 23.3 Å². The van der Waals surface area contributed by atoms with Crippen LogP contribution in [-0.2, 0) is 27.8 Å². The first kappa shape index (κ1) is 22.9. The number of amides is 1. The zero-order valence-corrected chi connectivity index (χ0v) is 18.1. The number of hydrogen-bond donors (Lipinski definition) is 1. The molecule has 0 spiro atoms. The molecule has 1 N–H and O–H groups in total. The number of aryl methyl sites for hydroxylation is 1. The van der Waals surface area contributed by atoms with Crippen molar-refractivity contribution in [1.29, 1.82) is 0 Å². The summed E-state index contributed by atoms with van der Waals surface area (Å²) in [5.74, 6) is -0.139. The van der Waals surface area contributed by atoms with Crippen LogP contribution in [0.5, 0.6) is 0 Å². The Balaban J connectivity index is 1.49. The predicted molar refractivity (Wildman–Crippen MR) is 117 cm³/mol. The summed E-state index contributed by atoms with van der Waals surface area (Å²) in [6, 6.07) is 12.8. The summed E-state index contributed by atoms with van der Waals surface area (Å²) in [6.07, 6.45) is 4.69. The lowest BCUT2D eigenvalue weighted by Gasteiger charge is -2.20. The second kappa shape index (κ2) is 10.5. The molecule has 1 saturated heterocycles. The highest BCUT2D eigenvalue weighted by Gasteiger charge is 2.24. The molecule has 0 radical (unpaired) electrons. The van der Waals surface area contributed by atoms with E-state index in [-0.39, 0.29) is 18.0 Å². The third-order valence-electron chi connectivity index (χ3n) is 5.40. The summed E-state index contributed by atoms with van der Waals surface area (Å²) >= 11 is 0. The number of sulfonamides is 1. The van der Waals surface area contributed by atoms with Gasteiger partial charge in [-0.3, -0.25) is 14.9 Å². The van der Waals surface area contributed by atoms with Crippen LogP contribution in [-0.4, -0.2) is 36.6 Å². The SMILES string of the molecule is O=C(CCc1ccc(S(=O)(=O)N2CCCCCC2)cc1)NCc1ccc([N+](=O)[O-])cc1. The molecule has 0 unspecified atom stereocenters. The summed E-state index contributed by atoms with van der Waals surface area (Å²) in [7, 11) is -3.47. The second-order valence-electron chi connectivity index (χ2n) is 7.66. The Bertz CT molecular complexity index is 996. The highest BCUT2D eigenvalue weighted by atomic mass is 32.2. The molecule has 0 saturated carbocycles. The van der Waals surface area contributed by atoms with Gasteiger partial charge >= 0.3 is 0 Å². The summed E-state index contributed by atoms with van der Waals surface area (Å²) in [5, 5.41) is 13.5. The van der Waals surface area contributed by atoms with E-state index < -0.39 is 14.9 Å². The molecule has 8 nitrogen and oxygen atoms in total. The average molecular weight is 446 g/mol. The second-order valence-corrected chi connectivity index (χ2v) is 9.60. The zero-order chi connectivity index (χ0) is 22.3. The number of nitro groups is 1. The van der Waals surface area contributed by atoms with Crippen molar-refractivity contribution in [2.45, 2.75) is 50.0 Å². The number of rotatable bonds is 8. The summed E-state index contributed by atoms with van der Waals surface area (Å²) in [6.45, 7) is 1.43. The first-order valence-corrected chi connectivity index (χ1v) is 11.9. The Morgan fingerprint density at radius 3 is 2.10 bits per heavy atom. The number of carbonyl (C=O) groups is 1. The van der Waals surface area contributed by atoms with Crippen molar-refractivity contribution < 1.29 is 18.1 Å². The Labute approximate surface area is 182 Å². The minimum absolute atomic E-state index is 0.0105. The molecule has 1 amide bonds. The van der Waals surface area contributed by atoms with Crippen molar-refractivity contribution in [3.05, 3.63) is 69.8 Å². The number of nitrogens with zero attached hydrogens (tertiary/aromatic N) is 2. The van der Waals surface area contributed by atoms with Crippen LogP contribution >= 0.6 is 0 Å². The van der Waals surface area contributed by atoms with Crippen LogP contribution in [0.1, 0.15) is 43.2 Å². The lowest BCUT2D eigenvalue weighted by atomic mass is 10.1. The van der Waals surface area contributed by atoms with E-state index in [4.69, 9.17) is 0 Å². The predicted octanol–water partition coefficient (Wildman–Crippen LogP) is 3.41. The van der Waals surface area contributed by atoms with Crippen molar-refractivity contribution in [2.75, 3.05) is 13.1 Å². The average Bonchev–Trinajstić information content (AvgIpc) is 3.07. The molecule has 0 aromatic heterocycles. The molecule has 166 valence electrons. The largest absolute Gasteiger partial charge is 0.352 e. The monoisotopic (exact) mass is 445 g/mol. The van der Waals surface area contributed by atoms with Crippen molar-refractivity contribution in [3.63, 3.8) is 0 Å². The fourth-order valence-corrected chi connectivity index (χ4v) is 5.06. The normalized spacial score (nSPS) is 15.2. The smallest absolute Gasteiger partial charge is 0.269 e. The quantitative estimate of drug-likeness (QED) is 0.495. The molecule has 0 atom stereocenters. The van der Waals surface area contributed by atoms with Gasteiger partial charge in [0.25, 0.3) is 5.69 Å². The number of hydrogen-bond acceptors (Lipinski definition) is 5. The third kappa shape index (κ3) is 6.35. The number of benzene rings is 2. The molecule has 1 aliphatic rings. The Morgan fingerprint density at radius 2 is 1.52 bits per heavy atom. The lowest BCUT2D eigenvalue weighted by molar-refractivity contribution is -0.384. The van der Waals surface area contributed by atoms with Crippen molar-refractivity contribution in [2.24, 2.45) is 0 Å². The summed E-state index contributed by atoms with van der Waals surface area (Å²) < 4.78 is 27.2. The number of carbonyl (C=O) groups excluding carboxylic acids is 1. The van der Waals surface area contributed by atoms with Gasteiger partial charge in [0.1, 0.15) is 0 Å². The van der Waals surface area contributed by atoms with Gasteiger partial charge in [0.05, 0.1) is 9.82 Å².